The Kier molecular flexibility index (Phi) is 6.72. The predicted molar refractivity (Wildman–Crippen MR) is 112 cm³/mol. The summed E-state index contributed by atoms with van der Waals surface area (Å²) in [6.45, 7) is 0. The van der Waals surface area contributed by atoms with Crippen molar-refractivity contribution in [2.75, 3.05) is 10.6 Å². The van der Waals surface area contributed by atoms with Crippen LogP contribution in [0.25, 0.3) is 6.08 Å². The Hall–Kier alpha value is -3.23. The van der Waals surface area contributed by atoms with Crippen molar-refractivity contribution in [1.29, 1.82) is 0 Å². The molecule has 2 amide bonds. The topological polar surface area (TPSA) is 71.3 Å². The molecule has 0 bridgehead atoms. The predicted octanol–water partition coefficient (Wildman–Crippen LogP) is 6.51. The lowest BCUT2D eigenvalue weighted by Crippen LogP contribution is -2.16. The van der Waals surface area contributed by atoms with Crippen molar-refractivity contribution in [2.24, 2.45) is 0 Å². The number of hydrogen-bond acceptors (Lipinski definition) is 3. The fraction of sp³-hybridized carbons (Fsp3) is 0.0476. The summed E-state index contributed by atoms with van der Waals surface area (Å²) in [5, 5.41) is 5.10. The molecule has 0 spiro atoms. The maximum Gasteiger partial charge on any atom is 0.418 e. The molecule has 5 nitrogen and oxygen atoms in total. The fourth-order valence-corrected chi connectivity index (χ4v) is 2.83. The van der Waals surface area contributed by atoms with E-state index in [2.05, 4.69) is 10.6 Å². The molecule has 0 saturated heterocycles. The minimum absolute atomic E-state index is 0.0571. The third-order valence-electron chi connectivity index (χ3n) is 3.96. The number of alkyl halides is 3. The van der Waals surface area contributed by atoms with E-state index in [-0.39, 0.29) is 16.5 Å². The van der Waals surface area contributed by atoms with E-state index in [0.717, 1.165) is 18.2 Å². The molecule has 0 aliphatic carbocycles. The van der Waals surface area contributed by atoms with Gasteiger partial charge in [-0.25, -0.2) is 0 Å². The zero-order valence-corrected chi connectivity index (χ0v) is 17.0. The number of carbonyl (C=O) groups excluding carboxylic acids is 2. The van der Waals surface area contributed by atoms with Crippen LogP contribution in [0.2, 0.25) is 10.0 Å². The number of halogens is 5. The highest BCUT2D eigenvalue weighted by atomic mass is 35.5. The van der Waals surface area contributed by atoms with E-state index in [1.54, 1.807) is 6.07 Å². The molecule has 1 aromatic heterocycles. The second-order valence-electron chi connectivity index (χ2n) is 6.19. The van der Waals surface area contributed by atoms with E-state index in [1.165, 1.54) is 42.7 Å². The van der Waals surface area contributed by atoms with Crippen molar-refractivity contribution in [3.8, 4) is 0 Å². The van der Waals surface area contributed by atoms with E-state index < -0.39 is 29.2 Å². The summed E-state index contributed by atoms with van der Waals surface area (Å²) < 4.78 is 45.4. The molecule has 0 saturated carbocycles. The Balaban J connectivity index is 1.78. The molecule has 3 aromatic rings. The molecule has 3 rings (SSSR count). The molecule has 10 heteroatoms. The van der Waals surface area contributed by atoms with Crippen molar-refractivity contribution in [2.45, 2.75) is 6.18 Å². The van der Waals surface area contributed by atoms with Gasteiger partial charge in [-0.05, 0) is 54.1 Å². The summed E-state index contributed by atoms with van der Waals surface area (Å²) in [5.41, 5.74) is -1.16. The molecule has 2 N–H and O–H groups in total. The lowest BCUT2D eigenvalue weighted by molar-refractivity contribution is -0.136. The molecular weight excluding hydrogens is 456 g/mol. The third-order valence-corrected chi connectivity index (χ3v) is 4.70. The van der Waals surface area contributed by atoms with Crippen molar-refractivity contribution < 1.29 is 27.2 Å². The standard InChI is InChI=1S/C21H13Cl2F3N2O3/c22-15-6-3-12(10-16(15)23)4-8-19(29)28-17-7-5-13(11-14(17)21(24,25)26)27-20(30)18-2-1-9-31-18/h1-11H,(H,27,30)(H,28,29)/b8-4+. The number of benzene rings is 2. The Morgan fingerprint density at radius 2 is 1.74 bits per heavy atom. The van der Waals surface area contributed by atoms with Gasteiger partial charge in [0.2, 0.25) is 5.91 Å². The van der Waals surface area contributed by atoms with Gasteiger partial charge < -0.3 is 15.1 Å². The minimum atomic E-state index is -4.78. The van der Waals surface area contributed by atoms with E-state index in [4.69, 9.17) is 27.6 Å². The first-order chi connectivity index (χ1) is 14.6. The third kappa shape index (κ3) is 5.90. The van der Waals surface area contributed by atoms with Gasteiger partial charge >= 0.3 is 6.18 Å². The van der Waals surface area contributed by atoms with Crippen LogP contribution in [0.5, 0.6) is 0 Å². The monoisotopic (exact) mass is 468 g/mol. The van der Waals surface area contributed by atoms with Crippen LogP contribution in [-0.4, -0.2) is 11.8 Å². The molecular formula is C21H13Cl2F3N2O3. The lowest BCUT2D eigenvalue weighted by atomic mass is 10.1. The summed E-state index contributed by atoms with van der Waals surface area (Å²) in [6.07, 6.45) is -1.07. The summed E-state index contributed by atoms with van der Waals surface area (Å²) in [7, 11) is 0. The van der Waals surface area contributed by atoms with Crippen molar-refractivity contribution in [3.63, 3.8) is 0 Å². The fourth-order valence-electron chi connectivity index (χ4n) is 2.53. The number of rotatable bonds is 5. The average molecular weight is 469 g/mol. The zero-order valence-electron chi connectivity index (χ0n) is 15.5. The first-order valence-corrected chi connectivity index (χ1v) is 9.39. The number of nitrogens with one attached hydrogen (secondary N) is 2. The summed E-state index contributed by atoms with van der Waals surface area (Å²) >= 11 is 11.7. The number of carbonyl (C=O) groups is 2. The van der Waals surface area contributed by atoms with Gasteiger partial charge in [0.15, 0.2) is 5.76 Å². The molecule has 1 heterocycles. The maximum atomic E-state index is 13.5. The van der Waals surface area contributed by atoms with E-state index >= 15 is 0 Å². The van der Waals surface area contributed by atoms with Gasteiger partial charge in [-0.3, -0.25) is 9.59 Å². The van der Waals surface area contributed by atoms with Crippen molar-refractivity contribution in [1.82, 2.24) is 0 Å². The summed E-state index contributed by atoms with van der Waals surface area (Å²) in [4.78, 5) is 24.1. The van der Waals surface area contributed by atoms with Gasteiger partial charge in [-0.15, -0.1) is 0 Å². The quantitative estimate of drug-likeness (QED) is 0.419. The molecule has 0 aliphatic heterocycles. The molecule has 0 fully saturated rings. The van der Waals surface area contributed by atoms with Crippen LogP contribution in [-0.2, 0) is 11.0 Å². The van der Waals surface area contributed by atoms with Gasteiger partial charge in [0.05, 0.1) is 27.6 Å². The second-order valence-corrected chi connectivity index (χ2v) is 7.00. The van der Waals surface area contributed by atoms with Crippen molar-refractivity contribution in [3.05, 3.63) is 87.8 Å². The zero-order chi connectivity index (χ0) is 22.6. The molecule has 0 radical (unpaired) electrons. The Bertz CT molecular complexity index is 1140. The van der Waals surface area contributed by atoms with Crippen LogP contribution in [0.1, 0.15) is 21.7 Å². The van der Waals surface area contributed by atoms with E-state index in [9.17, 15) is 22.8 Å². The Morgan fingerprint density at radius 3 is 2.39 bits per heavy atom. The number of anilines is 2. The second kappa shape index (κ2) is 9.28. The highest BCUT2D eigenvalue weighted by Gasteiger charge is 2.34. The van der Waals surface area contributed by atoms with Crippen LogP contribution in [0.3, 0.4) is 0 Å². The SMILES string of the molecule is O=C(/C=C/c1ccc(Cl)c(Cl)c1)Nc1ccc(NC(=O)c2ccco2)cc1C(F)(F)F. The summed E-state index contributed by atoms with van der Waals surface area (Å²) in [6, 6.07) is 10.5. The van der Waals surface area contributed by atoms with Gasteiger partial charge in [0, 0.05) is 11.8 Å². The minimum Gasteiger partial charge on any atom is -0.459 e. The van der Waals surface area contributed by atoms with Gasteiger partial charge in [-0.2, -0.15) is 13.2 Å². The lowest BCUT2D eigenvalue weighted by Gasteiger charge is -2.15. The van der Waals surface area contributed by atoms with E-state index in [1.807, 2.05) is 0 Å². The first kappa shape index (κ1) is 22.5. The van der Waals surface area contributed by atoms with Crippen molar-refractivity contribution >= 4 is 52.5 Å². The normalized spacial score (nSPS) is 11.5. The molecule has 0 atom stereocenters. The van der Waals surface area contributed by atoms with Crippen LogP contribution >= 0.6 is 23.2 Å². The summed E-state index contributed by atoms with van der Waals surface area (Å²) in [5.74, 6) is -1.55. The average Bonchev–Trinajstić information content (AvgIpc) is 3.24. The molecule has 160 valence electrons. The highest BCUT2D eigenvalue weighted by Crippen LogP contribution is 2.36. The highest BCUT2D eigenvalue weighted by molar-refractivity contribution is 6.42. The number of furan rings is 1. The Morgan fingerprint density at radius 1 is 0.968 bits per heavy atom. The van der Waals surface area contributed by atoms with Gasteiger partial charge in [0.1, 0.15) is 0 Å². The molecule has 31 heavy (non-hydrogen) atoms. The molecule has 2 aromatic carbocycles. The van der Waals surface area contributed by atoms with Crippen LogP contribution in [0.4, 0.5) is 24.5 Å². The number of amides is 2. The van der Waals surface area contributed by atoms with Gasteiger partial charge in [-0.1, -0.05) is 29.3 Å². The largest absolute Gasteiger partial charge is 0.459 e. The van der Waals surface area contributed by atoms with Crippen LogP contribution in [0, 0.1) is 0 Å². The smallest absolute Gasteiger partial charge is 0.418 e. The number of hydrogen-bond donors (Lipinski definition) is 2. The Labute approximate surface area is 184 Å². The first-order valence-electron chi connectivity index (χ1n) is 8.64. The molecule has 0 unspecified atom stereocenters. The maximum absolute atomic E-state index is 13.5. The van der Waals surface area contributed by atoms with Gasteiger partial charge in [0.25, 0.3) is 5.91 Å². The van der Waals surface area contributed by atoms with E-state index in [0.29, 0.717) is 10.6 Å². The molecule has 0 aliphatic rings. The van der Waals surface area contributed by atoms with Crippen LogP contribution in [0.15, 0.2) is 65.3 Å². The van der Waals surface area contributed by atoms with Crippen LogP contribution < -0.4 is 10.6 Å².